The number of nitrogens with zero attached hydrogens (tertiary/aromatic N) is 1. The van der Waals surface area contributed by atoms with Crippen LogP contribution in [0.25, 0.3) is 0 Å². The van der Waals surface area contributed by atoms with Crippen molar-refractivity contribution >= 4 is 28.9 Å². The summed E-state index contributed by atoms with van der Waals surface area (Å²) in [6.07, 6.45) is 0. The fourth-order valence-electron chi connectivity index (χ4n) is 0.716. The molecule has 0 radical (unpaired) electrons. The second-order valence-corrected chi connectivity index (χ2v) is 4.75. The molecular formula is C7H12N2S2. The Morgan fingerprint density at radius 1 is 1.64 bits per heavy atom. The van der Waals surface area contributed by atoms with Gasteiger partial charge in [0.2, 0.25) is 0 Å². The number of thioether (sulfide) groups is 1. The molecule has 0 unspecified atom stereocenters. The van der Waals surface area contributed by atoms with Gasteiger partial charge in [0, 0.05) is 10.6 Å². The summed E-state index contributed by atoms with van der Waals surface area (Å²) in [6, 6.07) is 0. The summed E-state index contributed by atoms with van der Waals surface area (Å²) in [5, 5.41) is 1.15. The fourth-order valence-corrected chi connectivity index (χ4v) is 2.29. The zero-order valence-electron chi connectivity index (χ0n) is 6.76. The zero-order chi connectivity index (χ0) is 8.27. The normalized spacial score (nSPS) is 10.4. The van der Waals surface area contributed by atoms with Gasteiger partial charge < -0.3 is 5.73 Å². The summed E-state index contributed by atoms with van der Waals surface area (Å²) in [6.45, 7) is 4.15. The number of aromatic nitrogens is 1. The third-order valence-electron chi connectivity index (χ3n) is 1.31. The van der Waals surface area contributed by atoms with Gasteiger partial charge in [0.15, 0.2) is 0 Å². The van der Waals surface area contributed by atoms with Crippen molar-refractivity contribution in [3.8, 4) is 0 Å². The summed E-state index contributed by atoms with van der Waals surface area (Å²) in [5.74, 6) is 2.83. The quantitative estimate of drug-likeness (QED) is 0.791. The minimum Gasteiger partial charge on any atom is -0.383 e. The van der Waals surface area contributed by atoms with Crippen molar-refractivity contribution in [3.05, 3.63) is 9.88 Å². The van der Waals surface area contributed by atoms with Gasteiger partial charge >= 0.3 is 0 Å². The van der Waals surface area contributed by atoms with Crippen molar-refractivity contribution in [2.75, 3.05) is 11.5 Å². The number of rotatable bonds is 3. The van der Waals surface area contributed by atoms with Crippen LogP contribution in [0.15, 0.2) is 0 Å². The van der Waals surface area contributed by atoms with Crippen LogP contribution < -0.4 is 5.73 Å². The monoisotopic (exact) mass is 188 g/mol. The van der Waals surface area contributed by atoms with Crippen molar-refractivity contribution in [2.24, 2.45) is 0 Å². The van der Waals surface area contributed by atoms with E-state index in [1.165, 1.54) is 0 Å². The lowest BCUT2D eigenvalue weighted by Crippen LogP contribution is -1.86. The van der Waals surface area contributed by atoms with E-state index in [1.807, 2.05) is 18.7 Å². The molecule has 0 bridgehead atoms. The number of anilines is 1. The first-order valence-corrected chi connectivity index (χ1v) is 5.50. The molecule has 1 aromatic rings. The van der Waals surface area contributed by atoms with Gasteiger partial charge in [-0.05, 0) is 12.7 Å². The Bertz CT molecular complexity index is 213. The number of hydrogen-bond donors (Lipinski definition) is 1. The van der Waals surface area contributed by atoms with Crippen molar-refractivity contribution in [1.29, 1.82) is 0 Å². The second kappa shape index (κ2) is 3.97. The number of nitrogens with two attached hydrogens (primary N) is 1. The first-order chi connectivity index (χ1) is 5.24. The topological polar surface area (TPSA) is 38.9 Å². The van der Waals surface area contributed by atoms with E-state index in [4.69, 9.17) is 5.73 Å². The van der Waals surface area contributed by atoms with Crippen molar-refractivity contribution in [2.45, 2.75) is 19.6 Å². The van der Waals surface area contributed by atoms with Crippen LogP contribution in [0.4, 0.5) is 5.82 Å². The summed E-state index contributed by atoms with van der Waals surface area (Å²) in [4.78, 5) is 5.36. The van der Waals surface area contributed by atoms with Gasteiger partial charge in [-0.1, -0.05) is 6.92 Å². The molecule has 2 N–H and O–H groups in total. The number of nitrogen functional groups attached to an aromatic ring is 1. The molecule has 1 rings (SSSR count). The Hall–Kier alpha value is -0.220. The van der Waals surface area contributed by atoms with Gasteiger partial charge in [0.05, 0.1) is 0 Å². The Morgan fingerprint density at radius 3 is 2.82 bits per heavy atom. The van der Waals surface area contributed by atoms with E-state index in [1.54, 1.807) is 11.3 Å². The van der Waals surface area contributed by atoms with E-state index >= 15 is 0 Å². The number of aryl methyl sites for hydroxylation is 1. The molecule has 0 aliphatic heterocycles. The standard InChI is InChI=1S/C7H12N2S2/c1-3-10-4-6-9-7(8)5(2)11-6/h3-4,8H2,1-2H3. The summed E-state index contributed by atoms with van der Waals surface area (Å²) in [7, 11) is 0. The molecule has 0 saturated carbocycles. The van der Waals surface area contributed by atoms with Gasteiger partial charge in [-0.25, -0.2) is 4.98 Å². The SMILES string of the molecule is CCSCc1nc(N)c(C)s1. The van der Waals surface area contributed by atoms with Gasteiger partial charge in [-0.2, -0.15) is 11.8 Å². The average molecular weight is 188 g/mol. The van der Waals surface area contributed by atoms with Crippen LogP contribution in [0.2, 0.25) is 0 Å². The molecule has 0 aliphatic rings. The predicted octanol–water partition coefficient (Wildman–Crippen LogP) is 2.29. The second-order valence-electron chi connectivity index (χ2n) is 2.19. The highest BCUT2D eigenvalue weighted by Crippen LogP contribution is 2.22. The molecule has 0 atom stereocenters. The largest absolute Gasteiger partial charge is 0.383 e. The molecular weight excluding hydrogens is 176 g/mol. The Morgan fingerprint density at radius 2 is 2.36 bits per heavy atom. The molecule has 1 aromatic heterocycles. The molecule has 0 aliphatic carbocycles. The predicted molar refractivity (Wildman–Crippen MR) is 53.1 cm³/mol. The van der Waals surface area contributed by atoms with Crippen molar-refractivity contribution in [1.82, 2.24) is 4.98 Å². The smallest absolute Gasteiger partial charge is 0.137 e. The lowest BCUT2D eigenvalue weighted by atomic mass is 10.6. The molecule has 62 valence electrons. The maximum absolute atomic E-state index is 5.60. The molecule has 0 fully saturated rings. The molecule has 0 aromatic carbocycles. The van der Waals surface area contributed by atoms with E-state index in [0.717, 1.165) is 21.4 Å². The van der Waals surface area contributed by atoms with Gasteiger partial charge in [0.1, 0.15) is 10.8 Å². The highest BCUT2D eigenvalue weighted by atomic mass is 32.2. The Kier molecular flexibility index (Phi) is 3.20. The van der Waals surface area contributed by atoms with E-state index < -0.39 is 0 Å². The van der Waals surface area contributed by atoms with Crippen LogP contribution in [0, 0.1) is 6.92 Å². The van der Waals surface area contributed by atoms with Crippen LogP contribution >= 0.6 is 23.1 Å². The zero-order valence-corrected chi connectivity index (χ0v) is 8.39. The maximum atomic E-state index is 5.60. The van der Waals surface area contributed by atoms with E-state index in [9.17, 15) is 0 Å². The third kappa shape index (κ3) is 2.38. The van der Waals surface area contributed by atoms with Crippen molar-refractivity contribution < 1.29 is 0 Å². The van der Waals surface area contributed by atoms with Crippen LogP contribution in [0.5, 0.6) is 0 Å². The third-order valence-corrected chi connectivity index (χ3v) is 3.36. The molecule has 2 nitrogen and oxygen atoms in total. The van der Waals surface area contributed by atoms with Gasteiger partial charge in [-0.3, -0.25) is 0 Å². The lowest BCUT2D eigenvalue weighted by Gasteiger charge is -1.90. The molecule has 0 amide bonds. The lowest BCUT2D eigenvalue weighted by molar-refractivity contribution is 1.26. The molecule has 1 heterocycles. The van der Waals surface area contributed by atoms with Gasteiger partial charge in [-0.15, -0.1) is 11.3 Å². The molecule has 4 heteroatoms. The Labute approximate surface area is 75.2 Å². The average Bonchev–Trinajstić information content (AvgIpc) is 2.28. The van der Waals surface area contributed by atoms with Crippen LogP contribution in [0.1, 0.15) is 16.8 Å². The summed E-state index contributed by atoms with van der Waals surface area (Å²) >= 11 is 3.57. The summed E-state index contributed by atoms with van der Waals surface area (Å²) < 4.78 is 0. The first-order valence-electron chi connectivity index (χ1n) is 3.53. The van der Waals surface area contributed by atoms with Gasteiger partial charge in [0.25, 0.3) is 0 Å². The van der Waals surface area contributed by atoms with E-state index in [-0.39, 0.29) is 0 Å². The van der Waals surface area contributed by atoms with Crippen LogP contribution in [0.3, 0.4) is 0 Å². The maximum Gasteiger partial charge on any atom is 0.137 e. The van der Waals surface area contributed by atoms with Crippen molar-refractivity contribution in [3.63, 3.8) is 0 Å². The van der Waals surface area contributed by atoms with Crippen LogP contribution in [-0.2, 0) is 5.75 Å². The molecule has 0 saturated heterocycles. The minimum atomic E-state index is 0.696. The van der Waals surface area contributed by atoms with E-state index in [2.05, 4.69) is 11.9 Å². The van der Waals surface area contributed by atoms with E-state index in [0.29, 0.717) is 5.82 Å². The first kappa shape index (κ1) is 8.87. The minimum absolute atomic E-state index is 0.696. The summed E-state index contributed by atoms with van der Waals surface area (Å²) in [5.41, 5.74) is 5.60. The van der Waals surface area contributed by atoms with Crippen LogP contribution in [-0.4, -0.2) is 10.7 Å². The molecule has 11 heavy (non-hydrogen) atoms. The Balaban J connectivity index is 2.58. The highest BCUT2D eigenvalue weighted by molar-refractivity contribution is 7.98. The fraction of sp³-hybridized carbons (Fsp3) is 0.571. The highest BCUT2D eigenvalue weighted by Gasteiger charge is 2.02. The molecule has 0 spiro atoms. The number of thiazole rings is 1. The number of hydrogen-bond acceptors (Lipinski definition) is 4.